The minimum Gasteiger partial charge on any atom is -0.306 e. The summed E-state index contributed by atoms with van der Waals surface area (Å²) in [5.41, 5.74) is 2.24. The van der Waals surface area contributed by atoms with Gasteiger partial charge in [-0.15, -0.1) is 11.3 Å². The summed E-state index contributed by atoms with van der Waals surface area (Å²) in [4.78, 5) is 4.24. The number of rotatable bonds is 5. The van der Waals surface area contributed by atoms with E-state index in [-0.39, 0.29) is 0 Å². The normalized spacial score (nSPS) is 10.7. The molecule has 3 rings (SSSR count). The Labute approximate surface area is 115 Å². The summed E-state index contributed by atoms with van der Waals surface area (Å²) in [6, 6.07) is 10.1. The molecule has 0 amide bonds. The fraction of sp³-hybridized carbons (Fsp3) is 0.143. The number of aromatic nitrogens is 3. The van der Waals surface area contributed by atoms with Crippen LogP contribution >= 0.6 is 11.3 Å². The molecule has 4 nitrogen and oxygen atoms in total. The van der Waals surface area contributed by atoms with Crippen molar-refractivity contribution in [2.24, 2.45) is 0 Å². The van der Waals surface area contributed by atoms with Crippen molar-refractivity contribution in [3.63, 3.8) is 0 Å². The Morgan fingerprint density at radius 3 is 2.84 bits per heavy atom. The SMILES string of the molecule is c1ccc(-n2cc(CNCc3nccs3)cn2)cc1. The van der Waals surface area contributed by atoms with Gasteiger partial charge in [0.15, 0.2) is 0 Å². The third kappa shape index (κ3) is 3.07. The van der Waals surface area contributed by atoms with Gasteiger partial charge in [0, 0.05) is 36.4 Å². The molecule has 0 radical (unpaired) electrons. The van der Waals surface area contributed by atoms with E-state index in [0.717, 1.165) is 23.8 Å². The van der Waals surface area contributed by atoms with Crippen molar-refractivity contribution in [3.05, 3.63) is 64.9 Å². The average Bonchev–Trinajstić information content (AvgIpc) is 3.11. The van der Waals surface area contributed by atoms with Gasteiger partial charge in [0.1, 0.15) is 5.01 Å². The molecule has 0 spiro atoms. The summed E-state index contributed by atoms with van der Waals surface area (Å²) in [5, 5.41) is 10.8. The first-order valence-corrected chi connectivity index (χ1v) is 6.98. The fourth-order valence-electron chi connectivity index (χ4n) is 1.83. The largest absolute Gasteiger partial charge is 0.306 e. The molecule has 0 aliphatic carbocycles. The van der Waals surface area contributed by atoms with Crippen LogP contribution in [0.1, 0.15) is 10.6 Å². The molecule has 3 aromatic rings. The van der Waals surface area contributed by atoms with Gasteiger partial charge < -0.3 is 5.32 Å². The predicted octanol–water partition coefficient (Wildman–Crippen LogP) is 2.62. The minimum absolute atomic E-state index is 0.798. The van der Waals surface area contributed by atoms with Gasteiger partial charge in [-0.2, -0.15) is 5.10 Å². The van der Waals surface area contributed by atoms with Crippen LogP contribution in [0.2, 0.25) is 0 Å². The van der Waals surface area contributed by atoms with Crippen LogP contribution in [0.15, 0.2) is 54.3 Å². The van der Waals surface area contributed by atoms with Crippen LogP contribution in [0.3, 0.4) is 0 Å². The first-order valence-electron chi connectivity index (χ1n) is 6.10. The van der Waals surface area contributed by atoms with Crippen LogP contribution in [-0.2, 0) is 13.1 Å². The topological polar surface area (TPSA) is 42.7 Å². The Bertz CT molecular complexity index is 616. The molecule has 0 saturated carbocycles. The van der Waals surface area contributed by atoms with Gasteiger partial charge in [0.2, 0.25) is 0 Å². The van der Waals surface area contributed by atoms with Gasteiger partial charge in [-0.3, -0.25) is 0 Å². The molecule has 19 heavy (non-hydrogen) atoms. The van der Waals surface area contributed by atoms with Gasteiger partial charge in [-0.25, -0.2) is 9.67 Å². The van der Waals surface area contributed by atoms with Gasteiger partial charge in [-0.05, 0) is 12.1 Å². The molecular weight excluding hydrogens is 256 g/mol. The molecule has 0 aliphatic heterocycles. The van der Waals surface area contributed by atoms with E-state index in [1.54, 1.807) is 11.3 Å². The standard InChI is InChI=1S/C14H14N4S/c1-2-4-13(5-3-1)18-11-12(9-17-18)8-15-10-14-16-6-7-19-14/h1-7,9,11,15H,8,10H2. The molecule has 0 aliphatic rings. The summed E-state index contributed by atoms with van der Waals surface area (Å²) in [7, 11) is 0. The molecule has 0 atom stereocenters. The number of nitrogens with zero attached hydrogens (tertiary/aromatic N) is 3. The summed E-state index contributed by atoms with van der Waals surface area (Å²) in [5.74, 6) is 0. The van der Waals surface area contributed by atoms with E-state index in [9.17, 15) is 0 Å². The lowest BCUT2D eigenvalue weighted by molar-refractivity contribution is 0.690. The number of thiazole rings is 1. The average molecular weight is 270 g/mol. The molecule has 2 aromatic heterocycles. The van der Waals surface area contributed by atoms with Crippen LogP contribution < -0.4 is 5.32 Å². The minimum atomic E-state index is 0.798. The second-order valence-corrected chi connectivity index (χ2v) is 5.14. The molecule has 96 valence electrons. The second kappa shape index (κ2) is 5.77. The summed E-state index contributed by atoms with van der Waals surface area (Å²) in [6.45, 7) is 1.60. The fourth-order valence-corrected chi connectivity index (χ4v) is 2.41. The number of hydrogen-bond acceptors (Lipinski definition) is 4. The zero-order chi connectivity index (χ0) is 12.9. The lowest BCUT2D eigenvalue weighted by Crippen LogP contribution is -2.11. The van der Waals surface area contributed by atoms with Gasteiger partial charge >= 0.3 is 0 Å². The quantitative estimate of drug-likeness (QED) is 0.775. The molecule has 0 unspecified atom stereocenters. The van der Waals surface area contributed by atoms with Crippen molar-refractivity contribution in [3.8, 4) is 5.69 Å². The third-order valence-corrected chi connectivity index (χ3v) is 3.53. The number of para-hydroxylation sites is 1. The molecule has 0 bridgehead atoms. The first-order chi connectivity index (χ1) is 9.42. The highest BCUT2D eigenvalue weighted by Crippen LogP contribution is 2.08. The van der Waals surface area contributed by atoms with Gasteiger partial charge in [0.25, 0.3) is 0 Å². The van der Waals surface area contributed by atoms with Gasteiger partial charge in [0.05, 0.1) is 11.9 Å². The Balaban J connectivity index is 1.59. The Kier molecular flexibility index (Phi) is 3.67. The van der Waals surface area contributed by atoms with Crippen LogP contribution in [-0.4, -0.2) is 14.8 Å². The third-order valence-electron chi connectivity index (χ3n) is 2.75. The highest BCUT2D eigenvalue weighted by Gasteiger charge is 2.01. The van der Waals surface area contributed by atoms with Crippen molar-refractivity contribution in [2.45, 2.75) is 13.1 Å². The monoisotopic (exact) mass is 270 g/mol. The van der Waals surface area contributed by atoms with Crippen molar-refractivity contribution < 1.29 is 0 Å². The summed E-state index contributed by atoms with van der Waals surface area (Å²) in [6.07, 6.45) is 5.77. The van der Waals surface area contributed by atoms with Gasteiger partial charge in [-0.1, -0.05) is 18.2 Å². The smallest absolute Gasteiger partial charge is 0.106 e. The first kappa shape index (κ1) is 12.1. The van der Waals surface area contributed by atoms with E-state index in [1.807, 2.05) is 59.0 Å². The lowest BCUT2D eigenvalue weighted by Gasteiger charge is -2.00. The molecule has 1 N–H and O–H groups in total. The summed E-state index contributed by atoms with van der Waals surface area (Å²) < 4.78 is 1.89. The van der Waals surface area contributed by atoms with E-state index in [4.69, 9.17) is 0 Å². The van der Waals surface area contributed by atoms with Crippen molar-refractivity contribution >= 4 is 11.3 Å². The molecule has 2 heterocycles. The van der Waals surface area contributed by atoms with Crippen LogP contribution in [0.4, 0.5) is 0 Å². The maximum absolute atomic E-state index is 4.37. The zero-order valence-corrected chi connectivity index (χ0v) is 11.2. The number of hydrogen-bond donors (Lipinski definition) is 1. The molecular formula is C14H14N4S. The van der Waals surface area contributed by atoms with Crippen LogP contribution in [0.5, 0.6) is 0 Å². The highest BCUT2D eigenvalue weighted by molar-refractivity contribution is 7.09. The van der Waals surface area contributed by atoms with Crippen molar-refractivity contribution in [1.29, 1.82) is 0 Å². The second-order valence-electron chi connectivity index (χ2n) is 4.16. The predicted molar refractivity (Wildman–Crippen MR) is 76.2 cm³/mol. The van der Waals surface area contributed by atoms with E-state index in [1.165, 1.54) is 5.56 Å². The van der Waals surface area contributed by atoms with E-state index < -0.39 is 0 Å². The molecule has 1 aromatic carbocycles. The molecule has 0 saturated heterocycles. The number of nitrogens with one attached hydrogen (secondary N) is 1. The maximum atomic E-state index is 4.37. The maximum Gasteiger partial charge on any atom is 0.106 e. The Morgan fingerprint density at radius 2 is 2.05 bits per heavy atom. The number of benzene rings is 1. The van der Waals surface area contributed by atoms with Crippen molar-refractivity contribution in [2.75, 3.05) is 0 Å². The molecule has 0 fully saturated rings. The van der Waals surface area contributed by atoms with E-state index in [2.05, 4.69) is 15.4 Å². The lowest BCUT2D eigenvalue weighted by atomic mass is 10.3. The highest BCUT2D eigenvalue weighted by atomic mass is 32.1. The Morgan fingerprint density at radius 1 is 1.16 bits per heavy atom. The van der Waals surface area contributed by atoms with E-state index >= 15 is 0 Å². The van der Waals surface area contributed by atoms with Crippen LogP contribution in [0.25, 0.3) is 5.69 Å². The summed E-state index contributed by atoms with van der Waals surface area (Å²) >= 11 is 1.67. The van der Waals surface area contributed by atoms with E-state index in [0.29, 0.717) is 0 Å². The molecule has 5 heteroatoms. The van der Waals surface area contributed by atoms with Crippen molar-refractivity contribution in [1.82, 2.24) is 20.1 Å². The Hall–Kier alpha value is -1.98. The van der Waals surface area contributed by atoms with Crippen LogP contribution in [0, 0.1) is 0 Å². The zero-order valence-electron chi connectivity index (χ0n) is 10.4.